The van der Waals surface area contributed by atoms with Crippen LogP contribution < -0.4 is 10.5 Å². The Hall–Kier alpha value is -2.06. The Balaban J connectivity index is 2.44. The Morgan fingerprint density at radius 3 is 2.43 bits per heavy atom. The molecule has 8 heteroatoms. The molecule has 110 valence electrons. The number of nitrogens with zero attached hydrogens (tertiary/aromatic N) is 1. The fraction of sp³-hybridized carbons (Fsp3) is 0.0769. The maximum absolute atomic E-state index is 13.8. The van der Waals surface area contributed by atoms with E-state index in [1.807, 2.05) is 0 Å². The molecule has 0 aliphatic carbocycles. The van der Waals surface area contributed by atoms with Crippen LogP contribution in [0.4, 0.5) is 14.5 Å². The molecule has 0 aromatic heterocycles. The van der Waals surface area contributed by atoms with Crippen molar-refractivity contribution in [3.05, 3.63) is 62.1 Å². The summed E-state index contributed by atoms with van der Waals surface area (Å²) in [5.41, 5.74) is 5.31. The minimum absolute atomic E-state index is 0.00305. The lowest BCUT2D eigenvalue weighted by Crippen LogP contribution is -2.01. The van der Waals surface area contributed by atoms with Gasteiger partial charge in [-0.15, -0.1) is 0 Å². The molecule has 0 saturated carbocycles. The average Bonchev–Trinajstić information content (AvgIpc) is 2.43. The van der Waals surface area contributed by atoms with Crippen LogP contribution in [0.15, 0.2) is 34.8 Å². The van der Waals surface area contributed by atoms with Crippen LogP contribution in [-0.4, -0.2) is 4.92 Å². The Kier molecular flexibility index (Phi) is 4.49. The van der Waals surface area contributed by atoms with Gasteiger partial charge in [-0.05, 0) is 39.7 Å². The molecular weight excluding hydrogens is 350 g/mol. The van der Waals surface area contributed by atoms with Gasteiger partial charge >= 0.3 is 0 Å². The number of ether oxygens (including phenoxy) is 1. The number of hydrogen-bond donors (Lipinski definition) is 1. The second kappa shape index (κ2) is 6.15. The molecule has 2 aromatic carbocycles. The summed E-state index contributed by atoms with van der Waals surface area (Å²) in [6.45, 7) is -0.0192. The molecule has 2 rings (SSSR count). The van der Waals surface area contributed by atoms with E-state index in [0.717, 1.165) is 12.1 Å². The van der Waals surface area contributed by atoms with Crippen molar-refractivity contribution in [3.8, 4) is 11.5 Å². The molecule has 0 radical (unpaired) electrons. The molecule has 2 N–H and O–H groups in total. The average molecular weight is 359 g/mol. The fourth-order valence-electron chi connectivity index (χ4n) is 1.66. The minimum Gasteiger partial charge on any atom is -0.450 e. The van der Waals surface area contributed by atoms with Crippen LogP contribution >= 0.6 is 15.9 Å². The molecule has 0 saturated heterocycles. The van der Waals surface area contributed by atoms with Crippen molar-refractivity contribution >= 4 is 21.6 Å². The lowest BCUT2D eigenvalue weighted by molar-refractivity contribution is -0.385. The van der Waals surface area contributed by atoms with E-state index in [-0.39, 0.29) is 28.0 Å². The van der Waals surface area contributed by atoms with E-state index in [1.165, 1.54) is 18.2 Å². The summed E-state index contributed by atoms with van der Waals surface area (Å²) >= 11 is 2.99. The Bertz CT molecular complexity index is 687. The van der Waals surface area contributed by atoms with Crippen LogP contribution in [0.5, 0.6) is 11.5 Å². The highest BCUT2D eigenvalue weighted by atomic mass is 79.9. The van der Waals surface area contributed by atoms with Gasteiger partial charge in [0.25, 0.3) is 5.69 Å². The van der Waals surface area contributed by atoms with Crippen LogP contribution in [0, 0.1) is 21.7 Å². The summed E-state index contributed by atoms with van der Waals surface area (Å²) < 4.78 is 32.7. The zero-order valence-electron chi connectivity index (χ0n) is 10.5. The van der Waals surface area contributed by atoms with Crippen molar-refractivity contribution in [1.29, 1.82) is 0 Å². The first-order valence-electron chi connectivity index (χ1n) is 5.72. The molecule has 0 fully saturated rings. The van der Waals surface area contributed by atoms with E-state index in [9.17, 15) is 18.9 Å². The highest BCUT2D eigenvalue weighted by Crippen LogP contribution is 2.38. The van der Waals surface area contributed by atoms with Gasteiger partial charge in [0.2, 0.25) is 0 Å². The van der Waals surface area contributed by atoms with Crippen molar-refractivity contribution in [2.45, 2.75) is 6.54 Å². The number of rotatable bonds is 4. The van der Waals surface area contributed by atoms with Gasteiger partial charge in [-0.1, -0.05) is 6.07 Å². The normalized spacial score (nSPS) is 10.5. The third-order valence-electron chi connectivity index (χ3n) is 2.65. The van der Waals surface area contributed by atoms with Crippen LogP contribution in [0.2, 0.25) is 0 Å². The molecule has 0 atom stereocenters. The molecule has 0 spiro atoms. The predicted octanol–water partition coefficient (Wildman–Crippen LogP) is 3.89. The second-order valence-corrected chi connectivity index (χ2v) is 4.83. The van der Waals surface area contributed by atoms with Gasteiger partial charge in [0.05, 0.1) is 4.92 Å². The Labute approximate surface area is 126 Å². The first kappa shape index (κ1) is 15.3. The quantitative estimate of drug-likeness (QED) is 0.664. The van der Waals surface area contributed by atoms with Crippen molar-refractivity contribution in [1.82, 2.24) is 0 Å². The first-order chi connectivity index (χ1) is 9.93. The summed E-state index contributed by atoms with van der Waals surface area (Å²) in [5, 5.41) is 10.8. The maximum Gasteiger partial charge on any atom is 0.287 e. The molecule has 0 aliphatic heterocycles. The SMILES string of the molecule is NCc1cc(F)c(Oc2cccc([N+](=O)[O-])c2Br)c(F)c1. The molecule has 5 nitrogen and oxygen atoms in total. The summed E-state index contributed by atoms with van der Waals surface area (Å²) in [6, 6.07) is 6.03. The van der Waals surface area contributed by atoms with Crippen molar-refractivity contribution in [2.75, 3.05) is 0 Å². The van der Waals surface area contributed by atoms with Gasteiger partial charge in [-0.2, -0.15) is 0 Å². The van der Waals surface area contributed by atoms with Crippen molar-refractivity contribution in [3.63, 3.8) is 0 Å². The summed E-state index contributed by atoms with van der Waals surface area (Å²) in [5.74, 6) is -2.58. The maximum atomic E-state index is 13.8. The number of halogens is 3. The smallest absolute Gasteiger partial charge is 0.287 e. The number of nitrogens with two attached hydrogens (primary N) is 1. The fourth-order valence-corrected chi connectivity index (χ4v) is 2.15. The standard InChI is InChI=1S/C13H9BrF2N2O3/c14-12-10(18(19)20)2-1-3-11(12)21-13-8(15)4-7(6-17)5-9(13)16/h1-5H,6,17H2. The minimum atomic E-state index is -0.936. The molecule has 0 amide bonds. The molecule has 2 aromatic rings. The van der Waals surface area contributed by atoms with Gasteiger partial charge in [-0.25, -0.2) is 8.78 Å². The summed E-state index contributed by atoms with van der Waals surface area (Å²) in [7, 11) is 0. The highest BCUT2D eigenvalue weighted by Gasteiger charge is 2.19. The monoisotopic (exact) mass is 358 g/mol. The highest BCUT2D eigenvalue weighted by molar-refractivity contribution is 9.10. The number of benzene rings is 2. The first-order valence-corrected chi connectivity index (χ1v) is 6.52. The van der Waals surface area contributed by atoms with Crippen molar-refractivity contribution in [2.24, 2.45) is 5.73 Å². The molecule has 21 heavy (non-hydrogen) atoms. The zero-order chi connectivity index (χ0) is 15.6. The van der Waals surface area contributed by atoms with Crippen LogP contribution in [-0.2, 0) is 6.54 Å². The largest absolute Gasteiger partial charge is 0.450 e. The molecular formula is C13H9BrF2N2O3. The van der Waals surface area contributed by atoms with E-state index in [4.69, 9.17) is 10.5 Å². The molecule has 0 aliphatic rings. The Morgan fingerprint density at radius 2 is 1.90 bits per heavy atom. The number of hydrogen-bond acceptors (Lipinski definition) is 4. The molecule has 0 unspecified atom stereocenters. The van der Waals surface area contributed by atoms with E-state index < -0.39 is 22.3 Å². The van der Waals surface area contributed by atoms with E-state index in [2.05, 4.69) is 15.9 Å². The zero-order valence-corrected chi connectivity index (χ0v) is 12.1. The third kappa shape index (κ3) is 3.17. The number of nitro benzene ring substituents is 1. The van der Waals surface area contributed by atoms with Crippen LogP contribution in [0.25, 0.3) is 0 Å². The predicted molar refractivity (Wildman–Crippen MR) is 75.1 cm³/mol. The summed E-state index contributed by atoms with van der Waals surface area (Å²) in [6.07, 6.45) is 0. The van der Waals surface area contributed by atoms with Crippen LogP contribution in [0.1, 0.15) is 5.56 Å². The van der Waals surface area contributed by atoms with Gasteiger partial charge in [0.1, 0.15) is 10.2 Å². The molecule has 0 bridgehead atoms. The van der Waals surface area contributed by atoms with Gasteiger partial charge < -0.3 is 10.5 Å². The lowest BCUT2D eigenvalue weighted by Gasteiger charge is -2.10. The third-order valence-corrected chi connectivity index (χ3v) is 3.44. The lowest BCUT2D eigenvalue weighted by atomic mass is 10.2. The van der Waals surface area contributed by atoms with Crippen molar-refractivity contribution < 1.29 is 18.4 Å². The van der Waals surface area contributed by atoms with Gasteiger partial charge in [0, 0.05) is 12.6 Å². The van der Waals surface area contributed by atoms with E-state index >= 15 is 0 Å². The van der Waals surface area contributed by atoms with Crippen LogP contribution in [0.3, 0.4) is 0 Å². The Morgan fingerprint density at radius 1 is 1.29 bits per heavy atom. The number of nitro groups is 1. The van der Waals surface area contributed by atoms with Gasteiger partial charge in [-0.3, -0.25) is 10.1 Å². The second-order valence-electron chi connectivity index (χ2n) is 4.04. The van der Waals surface area contributed by atoms with E-state index in [1.54, 1.807) is 0 Å². The topological polar surface area (TPSA) is 78.4 Å². The molecule has 0 heterocycles. The van der Waals surface area contributed by atoms with Gasteiger partial charge in [0.15, 0.2) is 17.4 Å². The van der Waals surface area contributed by atoms with E-state index in [0.29, 0.717) is 0 Å². The summed E-state index contributed by atoms with van der Waals surface area (Å²) in [4.78, 5) is 10.2.